The highest BCUT2D eigenvalue weighted by Gasteiger charge is 2.33. The van der Waals surface area contributed by atoms with E-state index in [2.05, 4.69) is 13.8 Å². The van der Waals surface area contributed by atoms with Crippen molar-refractivity contribution in [3.63, 3.8) is 0 Å². The smallest absolute Gasteiger partial charge is 0.228 e. The summed E-state index contributed by atoms with van der Waals surface area (Å²) >= 11 is 0. The maximum Gasteiger partial charge on any atom is 0.228 e. The fourth-order valence-corrected chi connectivity index (χ4v) is 2.25. The second kappa shape index (κ2) is 9.26. The van der Waals surface area contributed by atoms with E-state index in [1.807, 2.05) is 34.7 Å². The van der Waals surface area contributed by atoms with Crippen molar-refractivity contribution in [2.75, 3.05) is 40.9 Å². The molecule has 0 aliphatic heterocycles. The van der Waals surface area contributed by atoms with Crippen LogP contribution in [0.1, 0.15) is 41.5 Å². The van der Waals surface area contributed by atoms with E-state index in [0.717, 1.165) is 0 Å². The average Bonchev–Trinajstić information content (AvgIpc) is 2.49. The molecule has 0 aromatic carbocycles. The van der Waals surface area contributed by atoms with Crippen molar-refractivity contribution in [2.24, 2.45) is 23.2 Å². The standard InChI is InChI=1S/C18H36N2O3/c1-13(2)18(5,6)17(22)20(8)11-10-19(7)16(21)15(4)14(3)12-23-9/h13-15H,10-12H2,1-9H3. The van der Waals surface area contributed by atoms with E-state index in [9.17, 15) is 9.59 Å². The number of hydrogen-bond donors (Lipinski definition) is 0. The second-order valence-electron chi connectivity index (χ2n) is 7.58. The molecule has 5 nitrogen and oxygen atoms in total. The molecule has 0 aliphatic carbocycles. The van der Waals surface area contributed by atoms with Crippen LogP contribution >= 0.6 is 0 Å². The van der Waals surface area contributed by atoms with Crippen molar-refractivity contribution in [1.82, 2.24) is 9.80 Å². The molecule has 0 aromatic heterocycles. The zero-order chi connectivity index (χ0) is 18.4. The fourth-order valence-electron chi connectivity index (χ4n) is 2.25. The number of nitrogens with zero attached hydrogens (tertiary/aromatic N) is 2. The van der Waals surface area contributed by atoms with Gasteiger partial charge in [-0.2, -0.15) is 0 Å². The van der Waals surface area contributed by atoms with Crippen molar-refractivity contribution in [3.05, 3.63) is 0 Å². The van der Waals surface area contributed by atoms with Crippen LogP contribution in [0.3, 0.4) is 0 Å². The number of carbonyl (C=O) groups is 2. The van der Waals surface area contributed by atoms with Gasteiger partial charge in [-0.25, -0.2) is 0 Å². The maximum absolute atomic E-state index is 12.5. The van der Waals surface area contributed by atoms with E-state index in [4.69, 9.17) is 4.74 Å². The molecule has 0 N–H and O–H groups in total. The van der Waals surface area contributed by atoms with Crippen LogP contribution in [0.5, 0.6) is 0 Å². The predicted octanol–water partition coefficient (Wildman–Crippen LogP) is 2.50. The van der Waals surface area contributed by atoms with E-state index in [0.29, 0.717) is 19.7 Å². The second-order valence-corrected chi connectivity index (χ2v) is 7.58. The van der Waals surface area contributed by atoms with Crippen molar-refractivity contribution < 1.29 is 14.3 Å². The monoisotopic (exact) mass is 328 g/mol. The summed E-state index contributed by atoms with van der Waals surface area (Å²) in [6.45, 7) is 13.7. The normalized spacial score (nSPS) is 14.5. The van der Waals surface area contributed by atoms with Crippen molar-refractivity contribution in [3.8, 4) is 0 Å². The lowest BCUT2D eigenvalue weighted by Crippen LogP contribution is -2.45. The molecule has 0 saturated heterocycles. The van der Waals surface area contributed by atoms with Crippen LogP contribution in [0.2, 0.25) is 0 Å². The maximum atomic E-state index is 12.5. The van der Waals surface area contributed by atoms with Gasteiger partial charge in [0, 0.05) is 52.2 Å². The first-order valence-corrected chi connectivity index (χ1v) is 8.46. The van der Waals surface area contributed by atoms with E-state index in [1.54, 1.807) is 24.0 Å². The van der Waals surface area contributed by atoms with Gasteiger partial charge in [0.25, 0.3) is 0 Å². The Morgan fingerprint density at radius 3 is 1.91 bits per heavy atom. The van der Waals surface area contributed by atoms with Gasteiger partial charge in [0.15, 0.2) is 0 Å². The van der Waals surface area contributed by atoms with Crippen molar-refractivity contribution >= 4 is 11.8 Å². The minimum atomic E-state index is -0.391. The Balaban J connectivity index is 4.56. The van der Waals surface area contributed by atoms with Gasteiger partial charge in [-0.1, -0.05) is 41.5 Å². The summed E-state index contributed by atoms with van der Waals surface area (Å²) in [7, 11) is 5.25. The topological polar surface area (TPSA) is 49.9 Å². The lowest BCUT2D eigenvalue weighted by atomic mass is 9.80. The molecule has 0 radical (unpaired) electrons. The summed E-state index contributed by atoms with van der Waals surface area (Å²) in [5.74, 6) is 0.571. The summed E-state index contributed by atoms with van der Waals surface area (Å²) in [5, 5.41) is 0. The van der Waals surface area contributed by atoms with Gasteiger partial charge in [-0.05, 0) is 11.8 Å². The lowest BCUT2D eigenvalue weighted by Gasteiger charge is -2.33. The molecule has 0 rings (SSSR count). The first-order chi connectivity index (χ1) is 10.5. The Labute approximate surface area is 142 Å². The summed E-state index contributed by atoms with van der Waals surface area (Å²) in [6, 6.07) is 0. The molecule has 0 fully saturated rings. The number of hydrogen-bond acceptors (Lipinski definition) is 3. The zero-order valence-corrected chi connectivity index (χ0v) is 16.5. The first kappa shape index (κ1) is 21.9. The van der Waals surface area contributed by atoms with Crippen molar-refractivity contribution in [2.45, 2.75) is 41.5 Å². The van der Waals surface area contributed by atoms with Crippen LogP contribution in [0.25, 0.3) is 0 Å². The van der Waals surface area contributed by atoms with E-state index >= 15 is 0 Å². The summed E-state index contributed by atoms with van der Waals surface area (Å²) in [5.41, 5.74) is -0.391. The molecular weight excluding hydrogens is 292 g/mol. The van der Waals surface area contributed by atoms with Gasteiger partial charge in [-0.3, -0.25) is 9.59 Å². The van der Waals surface area contributed by atoms with Crippen LogP contribution in [0, 0.1) is 23.2 Å². The van der Waals surface area contributed by atoms with Gasteiger partial charge in [0.05, 0.1) is 0 Å². The highest BCUT2D eigenvalue weighted by Crippen LogP contribution is 2.28. The Morgan fingerprint density at radius 2 is 1.48 bits per heavy atom. The molecule has 136 valence electrons. The number of rotatable bonds is 9. The number of carbonyl (C=O) groups excluding carboxylic acids is 2. The first-order valence-electron chi connectivity index (χ1n) is 8.46. The SMILES string of the molecule is COCC(C)C(C)C(=O)N(C)CCN(C)C(=O)C(C)(C)C(C)C. The Hall–Kier alpha value is -1.10. The molecular formula is C18H36N2O3. The molecule has 2 atom stereocenters. The minimum Gasteiger partial charge on any atom is -0.384 e. The molecule has 2 amide bonds. The summed E-state index contributed by atoms with van der Waals surface area (Å²) in [4.78, 5) is 28.4. The van der Waals surface area contributed by atoms with Gasteiger partial charge in [0.2, 0.25) is 11.8 Å². The van der Waals surface area contributed by atoms with E-state index < -0.39 is 5.41 Å². The Morgan fingerprint density at radius 1 is 1.00 bits per heavy atom. The fraction of sp³-hybridized carbons (Fsp3) is 0.889. The largest absolute Gasteiger partial charge is 0.384 e. The van der Waals surface area contributed by atoms with Crippen LogP contribution < -0.4 is 0 Å². The van der Waals surface area contributed by atoms with Gasteiger partial charge in [0.1, 0.15) is 0 Å². The number of likely N-dealkylation sites (N-methyl/N-ethyl adjacent to an activating group) is 2. The highest BCUT2D eigenvalue weighted by molar-refractivity contribution is 5.82. The van der Waals surface area contributed by atoms with Crippen LogP contribution in [0.15, 0.2) is 0 Å². The van der Waals surface area contributed by atoms with Crippen LogP contribution in [-0.4, -0.2) is 62.5 Å². The molecule has 2 unspecified atom stereocenters. The molecule has 0 bridgehead atoms. The van der Waals surface area contributed by atoms with Gasteiger partial charge in [-0.15, -0.1) is 0 Å². The molecule has 5 heteroatoms. The third-order valence-corrected chi connectivity index (χ3v) is 5.16. The van der Waals surface area contributed by atoms with Crippen LogP contribution in [-0.2, 0) is 14.3 Å². The van der Waals surface area contributed by atoms with Crippen molar-refractivity contribution in [1.29, 1.82) is 0 Å². The highest BCUT2D eigenvalue weighted by atomic mass is 16.5. The van der Waals surface area contributed by atoms with Crippen LogP contribution in [0.4, 0.5) is 0 Å². The average molecular weight is 328 g/mol. The molecule has 23 heavy (non-hydrogen) atoms. The molecule has 0 aromatic rings. The Bertz CT molecular complexity index is 394. The molecule has 0 spiro atoms. The molecule has 0 heterocycles. The van der Waals surface area contributed by atoms with E-state index in [1.165, 1.54) is 0 Å². The van der Waals surface area contributed by atoms with E-state index in [-0.39, 0.29) is 29.6 Å². The summed E-state index contributed by atoms with van der Waals surface area (Å²) in [6.07, 6.45) is 0. The van der Waals surface area contributed by atoms with Gasteiger partial charge >= 0.3 is 0 Å². The number of amides is 2. The quantitative estimate of drug-likeness (QED) is 0.653. The number of ether oxygens (including phenoxy) is 1. The lowest BCUT2D eigenvalue weighted by molar-refractivity contribution is -0.143. The third-order valence-electron chi connectivity index (χ3n) is 5.16. The Kier molecular flexibility index (Phi) is 8.82. The molecule has 0 aliphatic rings. The van der Waals surface area contributed by atoms with Gasteiger partial charge < -0.3 is 14.5 Å². The third kappa shape index (κ3) is 6.13. The molecule has 0 saturated carbocycles. The minimum absolute atomic E-state index is 0.0898. The summed E-state index contributed by atoms with van der Waals surface area (Å²) < 4.78 is 5.12. The zero-order valence-electron chi connectivity index (χ0n) is 16.5. The predicted molar refractivity (Wildman–Crippen MR) is 94.1 cm³/mol. The number of methoxy groups -OCH3 is 1.